The molecule has 0 heterocycles. The Hall–Kier alpha value is -1.59. The Morgan fingerprint density at radius 3 is 1.90 bits per heavy atom. The molecular formula is C14H26N2O4. The molecular weight excluding hydrogens is 260 g/mol. The van der Waals surface area contributed by atoms with Gasteiger partial charge in [0.1, 0.15) is 6.04 Å². The summed E-state index contributed by atoms with van der Waals surface area (Å²) in [5.74, 6) is -1.67. The number of carboxylic acid groups (broad SMARTS) is 1. The van der Waals surface area contributed by atoms with E-state index in [2.05, 4.69) is 10.6 Å². The zero-order chi connectivity index (χ0) is 15.9. The van der Waals surface area contributed by atoms with E-state index in [0.29, 0.717) is 12.8 Å². The lowest BCUT2D eigenvalue weighted by atomic mass is 9.79. The minimum Gasteiger partial charge on any atom is -0.481 e. The van der Waals surface area contributed by atoms with Crippen LogP contribution >= 0.6 is 0 Å². The maximum atomic E-state index is 11.9. The molecule has 0 saturated heterocycles. The number of aliphatic carboxylic acids is 1. The van der Waals surface area contributed by atoms with Crippen LogP contribution in [0.3, 0.4) is 0 Å². The molecule has 0 aromatic carbocycles. The first-order valence-corrected chi connectivity index (χ1v) is 7.01. The minimum atomic E-state index is -1.06. The van der Waals surface area contributed by atoms with Crippen LogP contribution in [0.4, 0.5) is 0 Å². The van der Waals surface area contributed by atoms with Crippen molar-refractivity contribution in [1.29, 1.82) is 0 Å². The average molecular weight is 286 g/mol. The van der Waals surface area contributed by atoms with Crippen LogP contribution in [0.5, 0.6) is 0 Å². The summed E-state index contributed by atoms with van der Waals surface area (Å²) in [6, 6.07) is -0.684. The van der Waals surface area contributed by atoms with Gasteiger partial charge in [0.15, 0.2) is 0 Å². The molecule has 2 amide bonds. The van der Waals surface area contributed by atoms with Crippen molar-refractivity contribution in [3.05, 3.63) is 0 Å². The van der Waals surface area contributed by atoms with E-state index in [9.17, 15) is 19.5 Å². The monoisotopic (exact) mass is 286 g/mol. The third-order valence-corrected chi connectivity index (χ3v) is 3.51. The number of hydrogen-bond acceptors (Lipinski definition) is 3. The molecule has 0 aliphatic rings. The lowest BCUT2D eigenvalue weighted by Crippen LogP contribution is -2.48. The van der Waals surface area contributed by atoms with Crippen molar-refractivity contribution in [2.75, 3.05) is 0 Å². The molecule has 6 heteroatoms. The van der Waals surface area contributed by atoms with Crippen molar-refractivity contribution in [2.24, 2.45) is 5.41 Å². The molecule has 1 unspecified atom stereocenters. The fourth-order valence-corrected chi connectivity index (χ4v) is 1.95. The summed E-state index contributed by atoms with van der Waals surface area (Å²) in [5.41, 5.74) is -1.06. The van der Waals surface area contributed by atoms with Crippen molar-refractivity contribution in [1.82, 2.24) is 10.6 Å². The van der Waals surface area contributed by atoms with Crippen LogP contribution in [-0.4, -0.2) is 35.0 Å². The van der Waals surface area contributed by atoms with E-state index in [1.165, 1.54) is 0 Å². The van der Waals surface area contributed by atoms with Gasteiger partial charge in [0.25, 0.3) is 0 Å². The largest absolute Gasteiger partial charge is 0.481 e. The summed E-state index contributed by atoms with van der Waals surface area (Å²) in [5, 5.41) is 14.5. The van der Waals surface area contributed by atoms with Crippen molar-refractivity contribution in [2.45, 2.75) is 66.0 Å². The summed E-state index contributed by atoms with van der Waals surface area (Å²) < 4.78 is 0. The van der Waals surface area contributed by atoms with Gasteiger partial charge in [-0.2, -0.15) is 0 Å². The smallest absolute Gasteiger partial charge is 0.310 e. The Balaban J connectivity index is 4.62. The van der Waals surface area contributed by atoms with Gasteiger partial charge in [-0.15, -0.1) is 0 Å². The fourth-order valence-electron chi connectivity index (χ4n) is 1.95. The van der Waals surface area contributed by atoms with Crippen LogP contribution < -0.4 is 10.6 Å². The van der Waals surface area contributed by atoms with E-state index < -0.39 is 23.3 Å². The molecule has 6 nitrogen and oxygen atoms in total. The molecule has 3 N–H and O–H groups in total. The Kier molecular flexibility index (Phi) is 7.24. The van der Waals surface area contributed by atoms with E-state index in [1.54, 1.807) is 20.8 Å². The molecule has 20 heavy (non-hydrogen) atoms. The zero-order valence-electron chi connectivity index (χ0n) is 12.9. The first kappa shape index (κ1) is 18.4. The van der Waals surface area contributed by atoms with Crippen LogP contribution in [-0.2, 0) is 14.4 Å². The second-order valence-electron chi connectivity index (χ2n) is 5.42. The van der Waals surface area contributed by atoms with Crippen molar-refractivity contribution < 1.29 is 19.5 Å². The first-order valence-electron chi connectivity index (χ1n) is 7.01. The molecule has 0 aromatic heterocycles. The number of carbonyl (C=O) groups is 3. The highest BCUT2D eigenvalue weighted by atomic mass is 16.4. The van der Waals surface area contributed by atoms with Gasteiger partial charge in [-0.25, -0.2) is 0 Å². The predicted molar refractivity (Wildman–Crippen MR) is 76.2 cm³/mol. The van der Waals surface area contributed by atoms with Gasteiger partial charge in [0.2, 0.25) is 11.8 Å². The molecule has 0 aromatic rings. The van der Waals surface area contributed by atoms with E-state index in [0.717, 1.165) is 0 Å². The molecule has 1 atom stereocenters. The maximum Gasteiger partial charge on any atom is 0.310 e. The minimum absolute atomic E-state index is 0.00811. The zero-order valence-corrected chi connectivity index (χ0v) is 12.9. The average Bonchev–Trinajstić information content (AvgIpc) is 2.34. The van der Waals surface area contributed by atoms with Crippen LogP contribution in [0.15, 0.2) is 0 Å². The highest BCUT2D eigenvalue weighted by Gasteiger charge is 2.37. The molecule has 0 saturated carbocycles. The van der Waals surface area contributed by atoms with Gasteiger partial charge >= 0.3 is 5.97 Å². The predicted octanol–water partition coefficient (Wildman–Crippen LogP) is 1.30. The Morgan fingerprint density at radius 1 is 1.05 bits per heavy atom. The summed E-state index contributed by atoms with van der Waals surface area (Å²) >= 11 is 0. The summed E-state index contributed by atoms with van der Waals surface area (Å²) in [7, 11) is 0. The van der Waals surface area contributed by atoms with E-state index in [1.807, 2.05) is 13.8 Å². The second-order valence-corrected chi connectivity index (χ2v) is 5.42. The van der Waals surface area contributed by atoms with Crippen molar-refractivity contribution in [3.8, 4) is 0 Å². The van der Waals surface area contributed by atoms with Crippen molar-refractivity contribution >= 4 is 17.8 Å². The summed E-state index contributed by atoms with van der Waals surface area (Å²) in [6.45, 7) is 8.74. The molecule has 0 radical (unpaired) electrons. The highest BCUT2D eigenvalue weighted by molar-refractivity contribution is 5.89. The normalized spacial score (nSPS) is 12.9. The van der Waals surface area contributed by atoms with E-state index in [-0.39, 0.29) is 18.4 Å². The van der Waals surface area contributed by atoms with Gasteiger partial charge in [-0.1, -0.05) is 13.8 Å². The number of amides is 2. The highest BCUT2D eigenvalue weighted by Crippen LogP contribution is 2.30. The Morgan fingerprint density at radius 2 is 1.55 bits per heavy atom. The van der Waals surface area contributed by atoms with Gasteiger partial charge in [-0.3, -0.25) is 14.4 Å². The molecule has 0 aliphatic heterocycles. The van der Waals surface area contributed by atoms with E-state index in [4.69, 9.17) is 0 Å². The molecule has 0 spiro atoms. The summed E-state index contributed by atoms with van der Waals surface area (Å²) in [4.78, 5) is 34.9. The van der Waals surface area contributed by atoms with Gasteiger partial charge < -0.3 is 15.7 Å². The van der Waals surface area contributed by atoms with Gasteiger partial charge in [0, 0.05) is 12.5 Å². The fraction of sp³-hybridized carbons (Fsp3) is 0.786. The Bertz CT molecular complexity index is 362. The number of nitrogens with one attached hydrogen (secondary N) is 2. The molecule has 116 valence electrons. The first-order chi connectivity index (χ1) is 9.18. The molecule has 0 rings (SSSR count). The summed E-state index contributed by atoms with van der Waals surface area (Å²) in [6.07, 6.45) is 0.631. The lowest BCUT2D eigenvalue weighted by Gasteiger charge is -2.26. The molecule has 0 fully saturated rings. The molecule has 0 aliphatic carbocycles. The standard InChI is InChI=1S/C14H26N2O4/c1-6-14(7-2,13(19)20)8-11(17)16-10(5)12(18)15-9(3)4/h9-10H,6-8H2,1-5H3,(H,15,18)(H,16,17)(H,19,20). The number of carbonyl (C=O) groups excluding carboxylic acids is 2. The molecule has 0 bridgehead atoms. The Labute approximate surface area is 120 Å². The van der Waals surface area contributed by atoms with Gasteiger partial charge in [0.05, 0.1) is 5.41 Å². The van der Waals surface area contributed by atoms with E-state index >= 15 is 0 Å². The number of rotatable bonds is 8. The van der Waals surface area contributed by atoms with Crippen molar-refractivity contribution in [3.63, 3.8) is 0 Å². The lowest BCUT2D eigenvalue weighted by molar-refractivity contribution is -0.152. The van der Waals surface area contributed by atoms with Crippen LogP contribution in [0.1, 0.15) is 53.9 Å². The number of hydrogen-bond donors (Lipinski definition) is 3. The second kappa shape index (κ2) is 7.87. The van der Waals surface area contributed by atoms with Crippen LogP contribution in [0.2, 0.25) is 0 Å². The van der Waals surface area contributed by atoms with Crippen LogP contribution in [0.25, 0.3) is 0 Å². The van der Waals surface area contributed by atoms with Gasteiger partial charge in [-0.05, 0) is 33.6 Å². The SMILES string of the molecule is CCC(CC)(CC(=O)NC(C)C(=O)NC(C)C)C(=O)O. The van der Waals surface area contributed by atoms with Crippen LogP contribution in [0, 0.1) is 5.41 Å². The maximum absolute atomic E-state index is 11.9. The topological polar surface area (TPSA) is 95.5 Å². The third kappa shape index (κ3) is 5.19. The number of carboxylic acids is 1. The third-order valence-electron chi connectivity index (χ3n) is 3.51. The quantitative estimate of drug-likeness (QED) is 0.626.